The number of phosphoric acid groups is 1. The first-order valence-corrected chi connectivity index (χ1v) is 29.2. The third-order valence-electron chi connectivity index (χ3n) is 12.7. The summed E-state index contributed by atoms with van der Waals surface area (Å²) < 4.78 is 23.6. The number of likely N-dealkylation sites (N-methyl/N-ethyl adjacent to an activating group) is 1. The standard InChI is InChI=1S/C55H109N2O6P/c1-6-8-10-12-14-16-18-20-21-22-23-24-25-26-27-28-29-30-31-32-33-34-35-36-37-39-41-43-45-47-49-55(59)56-53(52-63-64(60,61)62-51-50-57(3,4)5)54(58)48-46-44-42-40-38-19-17-15-13-11-9-7-2/h26-27,46,48,53-54,58H,6-25,28-45,47,49-52H2,1-5H3,(H-,56,59,60,61)/p+1/b27-26-,48-46+. The van der Waals surface area contributed by atoms with Gasteiger partial charge in [0, 0.05) is 6.42 Å². The van der Waals surface area contributed by atoms with Crippen molar-refractivity contribution in [2.24, 2.45) is 0 Å². The van der Waals surface area contributed by atoms with E-state index in [1.165, 1.54) is 212 Å². The van der Waals surface area contributed by atoms with Crippen molar-refractivity contribution < 1.29 is 32.9 Å². The number of allylic oxidation sites excluding steroid dienone is 3. The summed E-state index contributed by atoms with van der Waals surface area (Å²) in [6, 6.07) is -0.843. The Morgan fingerprint density at radius 1 is 0.516 bits per heavy atom. The van der Waals surface area contributed by atoms with Gasteiger partial charge in [0.1, 0.15) is 13.2 Å². The molecule has 380 valence electrons. The minimum absolute atomic E-state index is 0.0632. The van der Waals surface area contributed by atoms with Crippen LogP contribution in [0.25, 0.3) is 0 Å². The molecule has 3 N–H and O–H groups in total. The van der Waals surface area contributed by atoms with Crippen LogP contribution >= 0.6 is 7.82 Å². The van der Waals surface area contributed by atoms with Crippen LogP contribution in [0.5, 0.6) is 0 Å². The predicted octanol–water partition coefficient (Wildman–Crippen LogP) is 16.4. The zero-order chi connectivity index (χ0) is 47.1. The van der Waals surface area contributed by atoms with Gasteiger partial charge in [0.25, 0.3) is 0 Å². The topological polar surface area (TPSA) is 105 Å². The average Bonchev–Trinajstić information content (AvgIpc) is 3.25. The Kier molecular flexibility index (Phi) is 46.3. The SMILES string of the molecule is CCCCCCCCCCCC/C=C/C(O)C(COP(=O)(O)OCC[N+](C)(C)C)NC(=O)CCCCCCCCCCCCCCCC/C=C\CCCCCCCCCCCCCC. The van der Waals surface area contributed by atoms with Crippen molar-refractivity contribution in [1.82, 2.24) is 5.32 Å². The number of hydrogen-bond donors (Lipinski definition) is 3. The van der Waals surface area contributed by atoms with Gasteiger partial charge in [-0.25, -0.2) is 4.57 Å². The number of carbonyl (C=O) groups is 1. The van der Waals surface area contributed by atoms with Gasteiger partial charge in [-0.05, 0) is 44.9 Å². The number of amides is 1. The first kappa shape index (κ1) is 63.0. The number of nitrogens with zero attached hydrogens (tertiary/aromatic N) is 1. The predicted molar refractivity (Wildman–Crippen MR) is 277 cm³/mol. The number of phosphoric ester groups is 1. The van der Waals surface area contributed by atoms with Gasteiger partial charge in [-0.3, -0.25) is 13.8 Å². The van der Waals surface area contributed by atoms with E-state index < -0.39 is 20.0 Å². The zero-order valence-corrected chi connectivity index (χ0v) is 44.2. The summed E-state index contributed by atoms with van der Waals surface area (Å²) in [6.07, 6.45) is 58.6. The molecule has 0 heterocycles. The van der Waals surface area contributed by atoms with Gasteiger partial charge in [0.2, 0.25) is 5.91 Å². The van der Waals surface area contributed by atoms with Crippen molar-refractivity contribution in [2.45, 2.75) is 283 Å². The highest BCUT2D eigenvalue weighted by Crippen LogP contribution is 2.43. The molecule has 0 aliphatic carbocycles. The Morgan fingerprint density at radius 2 is 0.844 bits per heavy atom. The second-order valence-corrected chi connectivity index (χ2v) is 21.8. The van der Waals surface area contributed by atoms with E-state index in [0.29, 0.717) is 17.4 Å². The van der Waals surface area contributed by atoms with Crippen molar-refractivity contribution in [3.8, 4) is 0 Å². The molecule has 0 spiro atoms. The van der Waals surface area contributed by atoms with Crippen LogP contribution in [0.15, 0.2) is 24.3 Å². The van der Waals surface area contributed by atoms with E-state index in [2.05, 4.69) is 31.3 Å². The molecule has 0 saturated carbocycles. The summed E-state index contributed by atoms with van der Waals surface area (Å²) in [7, 11) is 1.58. The normalized spacial score (nSPS) is 14.2. The lowest BCUT2D eigenvalue weighted by atomic mass is 10.0. The molecule has 1 amide bonds. The fourth-order valence-electron chi connectivity index (χ4n) is 8.27. The van der Waals surface area contributed by atoms with E-state index in [1.54, 1.807) is 6.08 Å². The average molecular weight is 926 g/mol. The number of hydrogen-bond acceptors (Lipinski definition) is 5. The second kappa shape index (κ2) is 47.1. The number of quaternary nitrogens is 1. The number of nitrogens with one attached hydrogen (secondary N) is 1. The van der Waals surface area contributed by atoms with E-state index in [9.17, 15) is 19.4 Å². The molecule has 0 aliphatic heterocycles. The van der Waals surface area contributed by atoms with Gasteiger partial charge in [-0.1, -0.05) is 244 Å². The Labute approximate surface area is 398 Å². The van der Waals surface area contributed by atoms with Crippen molar-refractivity contribution in [3.05, 3.63) is 24.3 Å². The van der Waals surface area contributed by atoms with Crippen LogP contribution in [-0.4, -0.2) is 73.4 Å². The number of aliphatic hydroxyl groups excluding tert-OH is 1. The second-order valence-electron chi connectivity index (χ2n) is 20.3. The van der Waals surface area contributed by atoms with Crippen molar-refractivity contribution >= 4 is 13.7 Å². The molecule has 8 nitrogen and oxygen atoms in total. The molecule has 0 bridgehead atoms. The minimum Gasteiger partial charge on any atom is -0.387 e. The van der Waals surface area contributed by atoms with Crippen molar-refractivity contribution in [2.75, 3.05) is 40.9 Å². The highest BCUT2D eigenvalue weighted by Gasteiger charge is 2.27. The molecule has 0 rings (SSSR count). The number of unbranched alkanes of at least 4 members (excludes halogenated alkanes) is 36. The fourth-order valence-corrected chi connectivity index (χ4v) is 9.01. The summed E-state index contributed by atoms with van der Waals surface area (Å²) in [5.74, 6) is -0.175. The molecule has 9 heteroatoms. The Morgan fingerprint density at radius 3 is 1.20 bits per heavy atom. The van der Waals surface area contributed by atoms with Gasteiger partial charge >= 0.3 is 7.82 Å². The quantitative estimate of drug-likeness (QED) is 0.0243. The molecule has 3 unspecified atom stereocenters. The maximum Gasteiger partial charge on any atom is 0.472 e. The largest absolute Gasteiger partial charge is 0.472 e. The summed E-state index contributed by atoms with van der Waals surface area (Å²) in [5.41, 5.74) is 0. The van der Waals surface area contributed by atoms with Crippen LogP contribution in [0.2, 0.25) is 0 Å². The lowest BCUT2D eigenvalue weighted by Gasteiger charge is -2.25. The molecular formula is C55H110N2O6P+. The monoisotopic (exact) mass is 926 g/mol. The summed E-state index contributed by atoms with van der Waals surface area (Å²) in [4.78, 5) is 23.2. The number of rotatable bonds is 51. The molecule has 0 radical (unpaired) electrons. The molecule has 0 aromatic rings. The molecular weight excluding hydrogens is 816 g/mol. The van der Waals surface area contributed by atoms with Crippen LogP contribution < -0.4 is 5.32 Å². The van der Waals surface area contributed by atoms with E-state index in [1.807, 2.05) is 27.2 Å². The van der Waals surface area contributed by atoms with Crippen molar-refractivity contribution in [1.29, 1.82) is 0 Å². The summed E-state index contributed by atoms with van der Waals surface area (Å²) >= 11 is 0. The highest BCUT2D eigenvalue weighted by atomic mass is 31.2. The molecule has 0 aromatic carbocycles. The Bertz CT molecular complexity index is 1090. The van der Waals surface area contributed by atoms with Gasteiger partial charge in [0.05, 0.1) is 39.9 Å². The Balaban J connectivity index is 4.04. The molecule has 0 fully saturated rings. The maximum atomic E-state index is 12.9. The lowest BCUT2D eigenvalue weighted by Crippen LogP contribution is -2.45. The first-order valence-electron chi connectivity index (χ1n) is 27.7. The minimum atomic E-state index is -4.34. The van der Waals surface area contributed by atoms with E-state index >= 15 is 0 Å². The summed E-state index contributed by atoms with van der Waals surface area (Å²) in [5, 5.41) is 13.9. The smallest absolute Gasteiger partial charge is 0.387 e. The number of carbonyl (C=O) groups excluding carboxylic acids is 1. The van der Waals surface area contributed by atoms with E-state index in [0.717, 1.165) is 38.5 Å². The molecule has 0 saturated heterocycles. The van der Waals surface area contributed by atoms with Gasteiger partial charge in [0.15, 0.2) is 0 Å². The highest BCUT2D eigenvalue weighted by molar-refractivity contribution is 7.47. The third-order valence-corrected chi connectivity index (χ3v) is 13.6. The van der Waals surface area contributed by atoms with Crippen LogP contribution in [0.1, 0.15) is 271 Å². The lowest BCUT2D eigenvalue weighted by molar-refractivity contribution is -0.870. The van der Waals surface area contributed by atoms with Crippen molar-refractivity contribution in [3.63, 3.8) is 0 Å². The van der Waals surface area contributed by atoms with E-state index in [-0.39, 0.29) is 19.1 Å². The maximum absolute atomic E-state index is 12.9. The van der Waals surface area contributed by atoms with Crippen LogP contribution in [0.3, 0.4) is 0 Å². The third kappa shape index (κ3) is 48.9. The Hall–Kier alpha value is -1.02. The first-order chi connectivity index (χ1) is 31.0. The molecule has 64 heavy (non-hydrogen) atoms. The van der Waals surface area contributed by atoms with Crippen LogP contribution in [0, 0.1) is 0 Å². The van der Waals surface area contributed by atoms with Gasteiger partial charge in [-0.15, -0.1) is 0 Å². The zero-order valence-electron chi connectivity index (χ0n) is 43.3. The molecule has 0 aliphatic rings. The van der Waals surface area contributed by atoms with Gasteiger partial charge < -0.3 is 19.8 Å². The van der Waals surface area contributed by atoms with E-state index in [4.69, 9.17) is 9.05 Å². The fraction of sp³-hybridized carbons (Fsp3) is 0.909. The summed E-state index contributed by atoms with van der Waals surface area (Å²) in [6.45, 7) is 4.83. The van der Waals surface area contributed by atoms with Crippen LogP contribution in [-0.2, 0) is 18.4 Å². The molecule has 0 aromatic heterocycles. The van der Waals surface area contributed by atoms with Crippen LogP contribution in [0.4, 0.5) is 0 Å². The number of aliphatic hydroxyl groups is 1. The van der Waals surface area contributed by atoms with Gasteiger partial charge in [-0.2, -0.15) is 0 Å². The molecule has 3 atom stereocenters.